The summed E-state index contributed by atoms with van der Waals surface area (Å²) < 4.78 is 14.2. The van der Waals surface area contributed by atoms with E-state index < -0.39 is 5.41 Å². The maximum Gasteiger partial charge on any atom is 0.233 e. The molecule has 2 saturated heterocycles. The topological polar surface area (TPSA) is 35.6 Å². The Morgan fingerprint density at radius 1 is 1.17 bits per heavy atom. The molecule has 4 nitrogen and oxygen atoms in total. The molecule has 1 aliphatic carbocycles. The van der Waals surface area contributed by atoms with Crippen LogP contribution in [0, 0.1) is 5.82 Å². The van der Waals surface area contributed by atoms with E-state index in [0.717, 1.165) is 58.5 Å². The molecular formula is C18H25ClFN3O. The molecule has 0 radical (unpaired) electrons. The quantitative estimate of drug-likeness (QED) is 0.900. The van der Waals surface area contributed by atoms with Gasteiger partial charge in [-0.05, 0) is 25.3 Å². The summed E-state index contributed by atoms with van der Waals surface area (Å²) in [6.07, 6.45) is 2.60. The summed E-state index contributed by atoms with van der Waals surface area (Å²) in [4.78, 5) is 17.5. The molecule has 1 amide bonds. The van der Waals surface area contributed by atoms with E-state index in [0.29, 0.717) is 11.6 Å². The van der Waals surface area contributed by atoms with Gasteiger partial charge in [-0.3, -0.25) is 9.69 Å². The van der Waals surface area contributed by atoms with Crippen LogP contribution >= 0.6 is 12.4 Å². The maximum atomic E-state index is 14.2. The third-order valence-corrected chi connectivity index (χ3v) is 5.67. The number of rotatable bonds is 3. The van der Waals surface area contributed by atoms with Gasteiger partial charge >= 0.3 is 0 Å². The highest BCUT2D eigenvalue weighted by Gasteiger charge is 2.55. The Bertz CT molecular complexity index is 602. The molecule has 132 valence electrons. The van der Waals surface area contributed by atoms with Gasteiger partial charge in [0.2, 0.25) is 5.91 Å². The van der Waals surface area contributed by atoms with Gasteiger partial charge in [-0.15, -0.1) is 12.4 Å². The molecule has 2 heterocycles. The Kier molecular flexibility index (Phi) is 5.13. The minimum Gasteiger partial charge on any atom is -0.340 e. The number of carbonyl (C=O) groups is 1. The largest absolute Gasteiger partial charge is 0.340 e. The van der Waals surface area contributed by atoms with E-state index >= 15 is 0 Å². The van der Waals surface area contributed by atoms with Crippen LogP contribution in [0.25, 0.3) is 0 Å². The van der Waals surface area contributed by atoms with E-state index in [4.69, 9.17) is 0 Å². The molecule has 0 bridgehead atoms. The van der Waals surface area contributed by atoms with Crippen molar-refractivity contribution in [3.8, 4) is 0 Å². The van der Waals surface area contributed by atoms with Crippen LogP contribution in [-0.4, -0.2) is 61.0 Å². The van der Waals surface area contributed by atoms with Crippen LogP contribution in [0.3, 0.4) is 0 Å². The number of nitrogens with one attached hydrogen (secondary N) is 1. The van der Waals surface area contributed by atoms with Gasteiger partial charge in [-0.2, -0.15) is 0 Å². The van der Waals surface area contributed by atoms with Gasteiger partial charge in [-0.1, -0.05) is 18.2 Å². The monoisotopic (exact) mass is 353 g/mol. The van der Waals surface area contributed by atoms with Gasteiger partial charge in [0.1, 0.15) is 5.82 Å². The molecule has 1 saturated carbocycles. The van der Waals surface area contributed by atoms with Crippen LogP contribution < -0.4 is 5.32 Å². The molecular weight excluding hydrogens is 329 g/mol. The molecule has 0 aromatic heterocycles. The zero-order valence-electron chi connectivity index (χ0n) is 13.8. The normalized spacial score (nSPS) is 26.0. The molecule has 4 rings (SSSR count). The second-order valence-corrected chi connectivity index (χ2v) is 7.04. The van der Waals surface area contributed by atoms with Crippen molar-refractivity contribution in [2.45, 2.75) is 30.7 Å². The summed E-state index contributed by atoms with van der Waals surface area (Å²) in [6, 6.07) is 7.24. The average Bonchev–Trinajstić information content (AvgIpc) is 3.24. The van der Waals surface area contributed by atoms with Crippen molar-refractivity contribution in [1.82, 2.24) is 15.1 Å². The lowest BCUT2D eigenvalue weighted by Gasteiger charge is -2.33. The molecule has 1 aromatic carbocycles. The van der Waals surface area contributed by atoms with Crippen LogP contribution in [0.4, 0.5) is 4.39 Å². The zero-order chi connectivity index (χ0) is 15.9. The number of nitrogens with zero attached hydrogens (tertiary/aromatic N) is 2. The molecule has 1 aromatic rings. The first-order valence-electron chi connectivity index (χ1n) is 8.70. The van der Waals surface area contributed by atoms with Crippen LogP contribution in [0.2, 0.25) is 0 Å². The van der Waals surface area contributed by atoms with E-state index in [1.54, 1.807) is 12.1 Å². The van der Waals surface area contributed by atoms with E-state index in [-0.39, 0.29) is 24.1 Å². The Morgan fingerprint density at radius 2 is 1.88 bits per heavy atom. The van der Waals surface area contributed by atoms with Crippen LogP contribution in [0.5, 0.6) is 0 Å². The first-order valence-corrected chi connectivity index (χ1v) is 8.70. The molecule has 0 spiro atoms. The van der Waals surface area contributed by atoms with Gasteiger partial charge in [0.25, 0.3) is 0 Å². The van der Waals surface area contributed by atoms with Crippen molar-refractivity contribution in [3.63, 3.8) is 0 Å². The molecule has 24 heavy (non-hydrogen) atoms. The highest BCUT2D eigenvalue weighted by molar-refractivity contribution is 5.91. The van der Waals surface area contributed by atoms with Crippen LogP contribution in [-0.2, 0) is 10.2 Å². The summed E-state index contributed by atoms with van der Waals surface area (Å²) in [7, 11) is 0. The minimum atomic E-state index is -0.580. The van der Waals surface area contributed by atoms with Crippen molar-refractivity contribution >= 4 is 18.3 Å². The smallest absolute Gasteiger partial charge is 0.233 e. The van der Waals surface area contributed by atoms with E-state index in [9.17, 15) is 9.18 Å². The third-order valence-electron chi connectivity index (χ3n) is 5.67. The fourth-order valence-electron chi connectivity index (χ4n) is 4.15. The number of amides is 1. The number of halogens is 2. The van der Waals surface area contributed by atoms with E-state index in [1.165, 1.54) is 6.07 Å². The maximum absolute atomic E-state index is 14.2. The van der Waals surface area contributed by atoms with Gasteiger partial charge in [0, 0.05) is 50.9 Å². The predicted octanol–water partition coefficient (Wildman–Crippen LogP) is 1.79. The minimum absolute atomic E-state index is 0. The third kappa shape index (κ3) is 3.05. The van der Waals surface area contributed by atoms with Crippen molar-refractivity contribution in [2.75, 3.05) is 39.3 Å². The second-order valence-electron chi connectivity index (χ2n) is 7.04. The van der Waals surface area contributed by atoms with Gasteiger partial charge in [-0.25, -0.2) is 4.39 Å². The molecule has 3 fully saturated rings. The molecule has 1 N–H and O–H groups in total. The Hall–Kier alpha value is -1.17. The number of hydrogen-bond donors (Lipinski definition) is 1. The molecule has 2 aliphatic heterocycles. The van der Waals surface area contributed by atoms with E-state index in [2.05, 4.69) is 10.2 Å². The predicted molar refractivity (Wildman–Crippen MR) is 94.0 cm³/mol. The van der Waals surface area contributed by atoms with Gasteiger partial charge < -0.3 is 10.2 Å². The summed E-state index contributed by atoms with van der Waals surface area (Å²) in [5.41, 5.74) is 0.0135. The number of piperazine rings is 1. The second kappa shape index (κ2) is 6.98. The van der Waals surface area contributed by atoms with Crippen molar-refractivity contribution < 1.29 is 9.18 Å². The summed E-state index contributed by atoms with van der Waals surface area (Å²) in [5, 5.41) is 3.37. The highest BCUT2D eigenvalue weighted by atomic mass is 35.5. The lowest BCUT2D eigenvalue weighted by molar-refractivity contribution is -0.133. The van der Waals surface area contributed by atoms with Crippen molar-refractivity contribution in [3.05, 3.63) is 35.6 Å². The molecule has 3 aliphatic rings. The lowest BCUT2D eigenvalue weighted by atomic mass is 9.94. The van der Waals surface area contributed by atoms with Gasteiger partial charge in [0.15, 0.2) is 0 Å². The number of hydrogen-bond acceptors (Lipinski definition) is 3. The van der Waals surface area contributed by atoms with Crippen molar-refractivity contribution in [1.29, 1.82) is 0 Å². The summed E-state index contributed by atoms with van der Waals surface area (Å²) in [5.74, 6) is -0.101. The Morgan fingerprint density at radius 3 is 2.54 bits per heavy atom. The number of benzene rings is 1. The summed E-state index contributed by atoms with van der Waals surface area (Å²) in [6.45, 7) is 5.79. The fraction of sp³-hybridized carbons (Fsp3) is 0.611. The summed E-state index contributed by atoms with van der Waals surface area (Å²) >= 11 is 0. The van der Waals surface area contributed by atoms with E-state index in [1.807, 2.05) is 11.0 Å². The first-order chi connectivity index (χ1) is 11.2. The van der Waals surface area contributed by atoms with Crippen molar-refractivity contribution in [2.24, 2.45) is 0 Å². The average molecular weight is 354 g/mol. The fourth-order valence-corrected chi connectivity index (χ4v) is 4.15. The standard InChI is InChI=1S/C18H24FN3O.ClH/c19-16-4-2-1-3-15(16)18(6-7-18)17(23)22-10-5-14(13-22)21-11-8-20-9-12-21;/h1-4,14,20H,5-13H2;1H. The van der Waals surface area contributed by atoms with Crippen LogP contribution in [0.15, 0.2) is 24.3 Å². The number of carbonyl (C=O) groups excluding carboxylic acids is 1. The molecule has 1 unspecified atom stereocenters. The van der Waals surface area contributed by atoms with Gasteiger partial charge in [0.05, 0.1) is 5.41 Å². The van der Waals surface area contributed by atoms with Crippen LogP contribution in [0.1, 0.15) is 24.8 Å². The lowest BCUT2D eigenvalue weighted by Crippen LogP contribution is -2.49. The first kappa shape index (κ1) is 17.6. The molecule has 1 atom stereocenters. The SMILES string of the molecule is Cl.O=C(N1CCC(N2CCNCC2)C1)C1(c2ccccc2F)CC1. The number of likely N-dealkylation sites (tertiary alicyclic amines) is 1. The highest BCUT2D eigenvalue weighted by Crippen LogP contribution is 2.50. The Labute approximate surface area is 148 Å². The Balaban J connectivity index is 0.00000169. The molecule has 6 heteroatoms. The zero-order valence-corrected chi connectivity index (χ0v) is 14.7.